The Morgan fingerprint density at radius 2 is 0.850 bits per heavy atom. The van der Waals surface area contributed by atoms with Crippen molar-refractivity contribution < 1.29 is 32.7 Å². The molecule has 4 heteroatoms. The van der Waals surface area contributed by atoms with Crippen LogP contribution in [0.2, 0.25) is 0 Å². The van der Waals surface area contributed by atoms with Gasteiger partial charge in [0.1, 0.15) is 0 Å². The SMILES string of the molecule is C#CC#CC#CC#CC#CC#CC#CC#CC#C.CCCCCCCC/C=C\CCCCCCCC(=O)O.O=O.[HH].[HH].[HH].[HH].[HH].[HH].[HH].[HH].[HH].[HH].[HH].[HH].[HH].[HH].[HH].[HH]. The lowest BCUT2D eigenvalue weighted by atomic mass is 10.1. The van der Waals surface area contributed by atoms with Gasteiger partial charge >= 0.3 is 5.97 Å². The van der Waals surface area contributed by atoms with Gasteiger partial charge in [-0.15, -0.1) is 12.8 Å². The molecule has 0 atom stereocenters. The number of allylic oxidation sites excluding steroid dienone is 2. The fourth-order valence-corrected chi connectivity index (χ4v) is 2.79. The highest BCUT2D eigenvalue weighted by molar-refractivity contribution is 5.66. The van der Waals surface area contributed by atoms with E-state index in [2.05, 4.69) is 114 Å². The number of aliphatic carboxylic acids is 1. The van der Waals surface area contributed by atoms with Crippen LogP contribution in [-0.2, 0) is 4.79 Å². The molecule has 0 heterocycles. The first-order chi connectivity index (χ1) is 19.7. The van der Waals surface area contributed by atoms with E-state index >= 15 is 0 Å². The summed E-state index contributed by atoms with van der Waals surface area (Å²) in [6.45, 7) is 2.26. The van der Waals surface area contributed by atoms with Gasteiger partial charge in [0.15, 0.2) is 0 Å². The number of carboxylic acid groups (broad SMARTS) is 1. The predicted octanol–water partition coefficient (Wildman–Crippen LogP) is 10.4. The topological polar surface area (TPSA) is 71.4 Å². The van der Waals surface area contributed by atoms with Gasteiger partial charge in [-0.3, -0.25) is 4.79 Å². The van der Waals surface area contributed by atoms with Crippen LogP contribution >= 0.6 is 0 Å². The monoisotopic (exact) mass is 565 g/mol. The van der Waals surface area contributed by atoms with Crippen molar-refractivity contribution in [1.29, 1.82) is 0 Å². The molecule has 0 radical (unpaired) electrons. The molecule has 4 nitrogen and oxygen atoms in total. The molecule has 0 aromatic rings. The molecule has 1 N–H and O–H groups in total. The summed E-state index contributed by atoms with van der Waals surface area (Å²) in [4.78, 5) is 24.3. The Bertz CT molecular complexity index is 1210. The van der Waals surface area contributed by atoms with Crippen molar-refractivity contribution in [3.05, 3.63) is 22.1 Å². The van der Waals surface area contributed by atoms with Crippen molar-refractivity contribution in [2.24, 2.45) is 0 Å². The zero-order chi connectivity index (χ0) is 30.2. The fourth-order valence-electron chi connectivity index (χ4n) is 2.79. The van der Waals surface area contributed by atoms with Crippen LogP contribution in [0.4, 0.5) is 0 Å². The third-order valence-electron chi connectivity index (χ3n) is 4.61. The molecule has 0 spiro atoms. The summed E-state index contributed by atoms with van der Waals surface area (Å²) < 4.78 is 0. The lowest BCUT2D eigenvalue weighted by molar-refractivity contribution is -0.137. The van der Waals surface area contributed by atoms with Gasteiger partial charge in [0.25, 0.3) is 0 Å². The van der Waals surface area contributed by atoms with Crippen LogP contribution in [0.15, 0.2) is 12.2 Å². The van der Waals surface area contributed by atoms with Crippen molar-refractivity contribution >= 4 is 5.97 Å². The highest BCUT2D eigenvalue weighted by atomic mass is 16.7. The van der Waals surface area contributed by atoms with E-state index in [9.17, 15) is 4.79 Å². The predicted molar refractivity (Wildman–Crippen MR) is 200 cm³/mol. The Labute approximate surface area is 265 Å². The van der Waals surface area contributed by atoms with Crippen LogP contribution < -0.4 is 0 Å². The number of carbonyl (C=O) groups is 1. The van der Waals surface area contributed by atoms with Gasteiger partial charge in [-0.05, 0) is 127 Å². The molecule has 236 valence electrons. The smallest absolute Gasteiger partial charge is 0.303 e. The molecular formula is C36H68O4. The average Bonchev–Trinajstić information content (AvgIpc) is 2.96. The summed E-state index contributed by atoms with van der Waals surface area (Å²) in [5, 5.41) is 8.51. The summed E-state index contributed by atoms with van der Waals surface area (Å²) in [6, 6.07) is 0. The largest absolute Gasteiger partial charge is 0.481 e. The zero-order valence-corrected chi connectivity index (χ0v) is 23.4. The van der Waals surface area contributed by atoms with E-state index in [0.717, 1.165) is 12.8 Å². The molecule has 0 fully saturated rings. The second-order valence-electron chi connectivity index (χ2n) is 7.77. The van der Waals surface area contributed by atoms with Crippen LogP contribution in [0.3, 0.4) is 0 Å². The number of unbranched alkanes of at least 4 members (excludes halogenated alkanes) is 11. The van der Waals surface area contributed by atoms with Crippen molar-refractivity contribution in [3.63, 3.8) is 0 Å². The van der Waals surface area contributed by atoms with E-state index in [-0.39, 0.29) is 22.8 Å². The summed E-state index contributed by atoms with van der Waals surface area (Å²) in [6.07, 6.45) is 31.0. The maximum absolute atomic E-state index is 10.3. The van der Waals surface area contributed by atoms with Crippen LogP contribution in [0.25, 0.3) is 0 Å². The van der Waals surface area contributed by atoms with Gasteiger partial charge < -0.3 is 5.11 Å². The van der Waals surface area contributed by atoms with Crippen LogP contribution in [0.5, 0.6) is 0 Å². The summed E-state index contributed by atoms with van der Waals surface area (Å²) >= 11 is 0. The highest BCUT2D eigenvalue weighted by Crippen LogP contribution is 2.09. The normalized spacial score (nSPS) is 7.38. The maximum atomic E-state index is 10.3. The third-order valence-corrected chi connectivity index (χ3v) is 4.61. The Balaban J connectivity index is -0.0000000216. The molecule has 0 aliphatic carbocycles. The van der Waals surface area contributed by atoms with Gasteiger partial charge in [0.05, 0.1) is 0 Å². The molecule has 0 aliphatic heterocycles. The van der Waals surface area contributed by atoms with Crippen molar-refractivity contribution in [3.8, 4) is 108 Å². The molecule has 0 amide bonds. The van der Waals surface area contributed by atoms with Crippen molar-refractivity contribution in [2.45, 2.75) is 96.8 Å². The maximum Gasteiger partial charge on any atom is 0.303 e. The Kier molecular flexibility index (Phi) is 40.3. The van der Waals surface area contributed by atoms with Crippen LogP contribution in [-0.4, -0.2) is 11.1 Å². The van der Waals surface area contributed by atoms with E-state index < -0.39 is 5.97 Å². The van der Waals surface area contributed by atoms with E-state index in [1.54, 1.807) is 0 Å². The average molecular weight is 565 g/mol. The minimum atomic E-state index is -0.664. The molecule has 0 aromatic carbocycles. The van der Waals surface area contributed by atoms with E-state index in [4.69, 9.17) is 27.9 Å². The molecular weight excluding hydrogens is 496 g/mol. The molecule has 40 heavy (non-hydrogen) atoms. The zero-order valence-electron chi connectivity index (χ0n) is 23.4. The van der Waals surface area contributed by atoms with Crippen LogP contribution in [0, 0.1) is 118 Å². The first-order valence-corrected chi connectivity index (χ1v) is 13.1. The molecule has 0 unspecified atom stereocenters. The number of hydrogen-bond acceptors (Lipinski definition) is 3. The first kappa shape index (κ1) is 39.4. The fraction of sp³-hybridized carbons (Fsp3) is 0.417. The van der Waals surface area contributed by atoms with Gasteiger partial charge in [0.2, 0.25) is 0 Å². The standard InChI is InChI=1S/C18H34O2.C18H2.O2.16H2/c1-2-3-4-5-6-7-8-9-10-11-12-13-14-15-16-17-18(19)20;1-3-5-7-9-11-13-15-17-18-16-14-12-10-8-6-4-2;1-2;;;;;;;;;;;;;;;;/h9-10H,2-8,11-17H2,1H3,(H,19,20);1-2H;;16*1H/b10-9-;;;;;;;;;;;;;;;;;;. The number of rotatable bonds is 15. The van der Waals surface area contributed by atoms with Crippen molar-refractivity contribution in [1.82, 2.24) is 0 Å². The molecule has 0 saturated heterocycles. The lowest BCUT2D eigenvalue weighted by Crippen LogP contribution is -1.93. The molecule has 0 aliphatic rings. The van der Waals surface area contributed by atoms with E-state index in [1.807, 2.05) is 0 Å². The van der Waals surface area contributed by atoms with Crippen molar-refractivity contribution in [2.75, 3.05) is 0 Å². The minimum Gasteiger partial charge on any atom is -0.481 e. The highest BCUT2D eigenvalue weighted by Gasteiger charge is 1.95. The quantitative estimate of drug-likeness (QED) is 0.122. The summed E-state index contributed by atoms with van der Waals surface area (Å²) in [7, 11) is 0. The minimum absolute atomic E-state index is 0. The van der Waals surface area contributed by atoms with Gasteiger partial charge in [-0.25, -0.2) is 0 Å². The number of carboxylic acids is 1. The third kappa shape index (κ3) is 46.2. The van der Waals surface area contributed by atoms with Crippen LogP contribution in [0.1, 0.15) is 120 Å². The second-order valence-corrected chi connectivity index (χ2v) is 7.77. The summed E-state index contributed by atoms with van der Waals surface area (Å²) in [5.41, 5.74) is 0. The van der Waals surface area contributed by atoms with E-state index in [1.165, 1.54) is 70.6 Å². The van der Waals surface area contributed by atoms with Gasteiger partial charge in [0, 0.05) is 39.2 Å². The first-order valence-electron chi connectivity index (χ1n) is 13.1. The van der Waals surface area contributed by atoms with Gasteiger partial charge in [-0.1, -0.05) is 70.4 Å². The number of hydrogen-bond donors (Lipinski definition) is 1. The molecule has 0 bridgehead atoms. The van der Waals surface area contributed by atoms with Gasteiger partial charge in [-0.2, -0.15) is 0 Å². The summed E-state index contributed by atoms with van der Waals surface area (Å²) in [5.74, 6) is 37.6. The number of terminal acetylenes is 2. The second kappa shape index (κ2) is 41.0. The molecule has 0 saturated carbocycles. The Hall–Kier alpha value is -5.15. The molecule has 0 rings (SSSR count). The molecule has 0 aromatic heterocycles. The Morgan fingerprint density at radius 1 is 0.550 bits per heavy atom. The Morgan fingerprint density at radius 3 is 1.18 bits per heavy atom. The van der Waals surface area contributed by atoms with E-state index in [0.29, 0.717) is 6.42 Å². The lowest BCUT2D eigenvalue weighted by Gasteiger charge is -1.99.